The Bertz CT molecular complexity index is 589. The average molecular weight is 317 g/mol. The van der Waals surface area contributed by atoms with Crippen molar-refractivity contribution >= 4 is 27.3 Å². The Balaban J connectivity index is 1.76. The van der Waals surface area contributed by atoms with Crippen molar-refractivity contribution in [3.63, 3.8) is 0 Å². The maximum Gasteiger partial charge on any atom is 0.0531 e. The molecule has 1 aliphatic heterocycles. The number of rotatable bonds is 2. The smallest absolute Gasteiger partial charge is 0.0531 e. The molecule has 0 aromatic heterocycles. The zero-order valence-electron chi connectivity index (χ0n) is 10.9. The van der Waals surface area contributed by atoms with Gasteiger partial charge in [0.05, 0.1) is 5.69 Å². The van der Waals surface area contributed by atoms with E-state index in [1.54, 1.807) is 0 Å². The van der Waals surface area contributed by atoms with Crippen LogP contribution in [0.4, 0.5) is 11.4 Å². The van der Waals surface area contributed by atoms with Crippen LogP contribution >= 0.6 is 15.9 Å². The number of benzene rings is 2. The number of hydrogen-bond acceptors (Lipinski definition) is 2. The van der Waals surface area contributed by atoms with Gasteiger partial charge in [-0.1, -0.05) is 30.3 Å². The summed E-state index contributed by atoms with van der Waals surface area (Å²) in [6, 6.07) is 14.9. The van der Waals surface area contributed by atoms with Gasteiger partial charge < -0.3 is 10.6 Å². The maximum absolute atomic E-state index is 6.00. The van der Waals surface area contributed by atoms with E-state index in [1.807, 2.05) is 6.92 Å². The standard InChI is InChI=1S/C16H17BrN2/c1-11-7-14(17)16(8-15(11)18)19-9-13(10-19)12-5-3-2-4-6-12/h2-8,13H,9-10,18H2,1H3. The summed E-state index contributed by atoms with van der Waals surface area (Å²) in [6.07, 6.45) is 0. The van der Waals surface area contributed by atoms with E-state index in [1.165, 1.54) is 11.3 Å². The number of nitrogens with two attached hydrogens (primary N) is 1. The minimum atomic E-state index is 0.635. The van der Waals surface area contributed by atoms with Crippen molar-refractivity contribution in [3.8, 4) is 0 Å². The van der Waals surface area contributed by atoms with Gasteiger partial charge in [0, 0.05) is 29.2 Å². The largest absolute Gasteiger partial charge is 0.398 e. The Morgan fingerprint density at radius 3 is 2.53 bits per heavy atom. The van der Waals surface area contributed by atoms with E-state index in [0.717, 1.165) is 28.8 Å². The van der Waals surface area contributed by atoms with Crippen molar-refractivity contribution in [1.82, 2.24) is 0 Å². The Morgan fingerprint density at radius 2 is 1.84 bits per heavy atom. The first-order valence-corrected chi connectivity index (χ1v) is 7.30. The highest BCUT2D eigenvalue weighted by atomic mass is 79.9. The Hall–Kier alpha value is -1.48. The lowest BCUT2D eigenvalue weighted by molar-refractivity contribution is 0.524. The summed E-state index contributed by atoms with van der Waals surface area (Å²) in [7, 11) is 0. The molecule has 2 N–H and O–H groups in total. The molecule has 0 bridgehead atoms. The lowest BCUT2D eigenvalue weighted by Crippen LogP contribution is -2.45. The molecule has 2 nitrogen and oxygen atoms in total. The van der Waals surface area contributed by atoms with Crippen LogP contribution in [-0.2, 0) is 0 Å². The highest BCUT2D eigenvalue weighted by Gasteiger charge is 2.29. The molecule has 0 saturated carbocycles. The Kier molecular flexibility index (Phi) is 3.23. The molecule has 19 heavy (non-hydrogen) atoms. The first kappa shape index (κ1) is 12.5. The topological polar surface area (TPSA) is 29.3 Å². The van der Waals surface area contributed by atoms with Gasteiger partial charge in [-0.05, 0) is 46.1 Å². The molecule has 0 amide bonds. The van der Waals surface area contributed by atoms with Gasteiger partial charge in [0.1, 0.15) is 0 Å². The van der Waals surface area contributed by atoms with E-state index in [0.29, 0.717) is 5.92 Å². The fourth-order valence-electron chi connectivity index (χ4n) is 2.53. The lowest BCUT2D eigenvalue weighted by Gasteiger charge is -2.42. The molecule has 0 spiro atoms. The van der Waals surface area contributed by atoms with E-state index >= 15 is 0 Å². The van der Waals surface area contributed by atoms with Crippen LogP contribution < -0.4 is 10.6 Å². The minimum Gasteiger partial charge on any atom is -0.398 e. The zero-order valence-corrected chi connectivity index (χ0v) is 12.5. The second-order valence-corrected chi connectivity index (χ2v) is 6.03. The monoisotopic (exact) mass is 316 g/mol. The summed E-state index contributed by atoms with van der Waals surface area (Å²) >= 11 is 3.64. The SMILES string of the molecule is Cc1cc(Br)c(N2CC(c3ccccc3)C2)cc1N. The zero-order chi connectivity index (χ0) is 13.4. The van der Waals surface area contributed by atoms with Crippen LogP contribution in [0.1, 0.15) is 17.0 Å². The predicted molar refractivity (Wildman–Crippen MR) is 84.7 cm³/mol. The van der Waals surface area contributed by atoms with Crippen molar-refractivity contribution in [3.05, 3.63) is 58.1 Å². The molecule has 98 valence electrons. The van der Waals surface area contributed by atoms with Gasteiger partial charge in [-0.25, -0.2) is 0 Å². The molecule has 1 fully saturated rings. The van der Waals surface area contributed by atoms with Crippen molar-refractivity contribution in [2.45, 2.75) is 12.8 Å². The molecule has 1 heterocycles. The molecular weight excluding hydrogens is 300 g/mol. The molecule has 2 aromatic rings. The van der Waals surface area contributed by atoms with Crippen LogP contribution in [0.15, 0.2) is 46.9 Å². The molecule has 1 saturated heterocycles. The third-order valence-corrected chi connectivity index (χ3v) is 4.46. The third kappa shape index (κ3) is 2.35. The van der Waals surface area contributed by atoms with Crippen LogP contribution in [0, 0.1) is 6.92 Å². The molecule has 0 aliphatic carbocycles. The molecule has 3 rings (SSSR count). The second kappa shape index (κ2) is 4.89. The van der Waals surface area contributed by atoms with E-state index in [-0.39, 0.29) is 0 Å². The number of halogens is 1. The van der Waals surface area contributed by atoms with Crippen molar-refractivity contribution < 1.29 is 0 Å². The second-order valence-electron chi connectivity index (χ2n) is 5.17. The molecule has 0 atom stereocenters. The van der Waals surface area contributed by atoms with Crippen LogP contribution in [0.3, 0.4) is 0 Å². The summed E-state index contributed by atoms with van der Waals surface area (Å²) in [5.41, 5.74) is 10.6. The number of nitrogens with zero attached hydrogens (tertiary/aromatic N) is 1. The first-order valence-electron chi connectivity index (χ1n) is 6.50. The predicted octanol–water partition coefficient (Wildman–Crippen LogP) is 3.94. The van der Waals surface area contributed by atoms with E-state index in [4.69, 9.17) is 5.73 Å². The third-order valence-electron chi connectivity index (χ3n) is 3.83. The van der Waals surface area contributed by atoms with E-state index in [9.17, 15) is 0 Å². The van der Waals surface area contributed by atoms with Gasteiger partial charge in [-0.15, -0.1) is 0 Å². The molecule has 0 radical (unpaired) electrons. The molecule has 3 heteroatoms. The lowest BCUT2D eigenvalue weighted by atomic mass is 9.91. The van der Waals surface area contributed by atoms with E-state index in [2.05, 4.69) is 63.3 Å². The molecule has 2 aromatic carbocycles. The molecule has 0 unspecified atom stereocenters. The number of aryl methyl sites for hydroxylation is 1. The van der Waals surface area contributed by atoms with Crippen LogP contribution in [0.5, 0.6) is 0 Å². The molecular formula is C16H17BrN2. The molecule has 1 aliphatic rings. The maximum atomic E-state index is 6.00. The number of nitrogen functional groups attached to an aromatic ring is 1. The minimum absolute atomic E-state index is 0.635. The Morgan fingerprint density at radius 1 is 1.16 bits per heavy atom. The van der Waals surface area contributed by atoms with Crippen LogP contribution in [0.25, 0.3) is 0 Å². The Labute approximate surface area is 122 Å². The van der Waals surface area contributed by atoms with Gasteiger partial charge in [0.25, 0.3) is 0 Å². The highest BCUT2D eigenvalue weighted by Crippen LogP contribution is 2.37. The van der Waals surface area contributed by atoms with Crippen molar-refractivity contribution in [2.75, 3.05) is 23.7 Å². The number of anilines is 2. The van der Waals surface area contributed by atoms with Gasteiger partial charge in [0.15, 0.2) is 0 Å². The quantitative estimate of drug-likeness (QED) is 0.850. The first-order chi connectivity index (χ1) is 9.15. The summed E-state index contributed by atoms with van der Waals surface area (Å²) in [4.78, 5) is 2.37. The number of hydrogen-bond donors (Lipinski definition) is 1. The fraction of sp³-hybridized carbons (Fsp3) is 0.250. The highest BCUT2D eigenvalue weighted by molar-refractivity contribution is 9.10. The van der Waals surface area contributed by atoms with Crippen molar-refractivity contribution in [1.29, 1.82) is 0 Å². The van der Waals surface area contributed by atoms with Gasteiger partial charge >= 0.3 is 0 Å². The average Bonchev–Trinajstić information content (AvgIpc) is 2.35. The summed E-state index contributed by atoms with van der Waals surface area (Å²) in [5, 5.41) is 0. The summed E-state index contributed by atoms with van der Waals surface area (Å²) in [6.45, 7) is 4.16. The fourth-order valence-corrected chi connectivity index (χ4v) is 3.24. The van der Waals surface area contributed by atoms with Gasteiger partial charge in [0.2, 0.25) is 0 Å². The van der Waals surface area contributed by atoms with Crippen LogP contribution in [0.2, 0.25) is 0 Å². The van der Waals surface area contributed by atoms with Crippen molar-refractivity contribution in [2.24, 2.45) is 0 Å². The summed E-state index contributed by atoms with van der Waals surface area (Å²) in [5.74, 6) is 0.635. The normalized spacial score (nSPS) is 15.4. The van der Waals surface area contributed by atoms with Gasteiger partial charge in [-0.3, -0.25) is 0 Å². The van der Waals surface area contributed by atoms with Gasteiger partial charge in [-0.2, -0.15) is 0 Å². The summed E-state index contributed by atoms with van der Waals surface area (Å²) < 4.78 is 1.13. The van der Waals surface area contributed by atoms with E-state index < -0.39 is 0 Å². The van der Waals surface area contributed by atoms with Crippen LogP contribution in [-0.4, -0.2) is 13.1 Å².